The van der Waals surface area contributed by atoms with Gasteiger partial charge in [0.25, 0.3) is 0 Å². The Bertz CT molecular complexity index is 3230. The molecule has 0 bridgehead atoms. The maximum Gasteiger partial charge on any atom is 0.0462 e. The van der Waals surface area contributed by atoms with Crippen molar-refractivity contribution in [2.75, 3.05) is 4.90 Å². The summed E-state index contributed by atoms with van der Waals surface area (Å²) < 4.78 is 0. The van der Waals surface area contributed by atoms with Crippen LogP contribution in [0.5, 0.6) is 0 Å². The summed E-state index contributed by atoms with van der Waals surface area (Å²) in [6.45, 7) is 0. The molecule has 0 aliphatic heterocycles. The summed E-state index contributed by atoms with van der Waals surface area (Å²) in [7, 11) is 0. The fourth-order valence-electron chi connectivity index (χ4n) is 9.28. The van der Waals surface area contributed by atoms with Gasteiger partial charge < -0.3 is 4.90 Å². The third kappa shape index (κ3) is 7.26. The lowest BCUT2D eigenvalue weighted by molar-refractivity contribution is 1.28. The van der Waals surface area contributed by atoms with Crippen LogP contribution in [0.2, 0.25) is 0 Å². The molecule has 0 aromatic heterocycles. The fourth-order valence-corrected chi connectivity index (χ4v) is 9.28. The molecule has 0 saturated heterocycles. The Morgan fingerprint density at radius 1 is 0.175 bits per heavy atom. The predicted octanol–water partition coefficient (Wildman–Crippen LogP) is 17.5. The predicted molar refractivity (Wildman–Crippen MR) is 269 cm³/mol. The van der Waals surface area contributed by atoms with E-state index in [1.165, 1.54) is 82.7 Å². The summed E-state index contributed by atoms with van der Waals surface area (Å²) in [5.74, 6) is 0. The molecule has 0 atom stereocenters. The van der Waals surface area contributed by atoms with Gasteiger partial charge in [0.1, 0.15) is 0 Å². The van der Waals surface area contributed by atoms with Gasteiger partial charge in [-0.1, -0.05) is 224 Å². The van der Waals surface area contributed by atoms with Crippen LogP contribution in [0.4, 0.5) is 17.1 Å². The molecule has 0 amide bonds. The average molecular weight is 802 g/mol. The Kier molecular flexibility index (Phi) is 9.97. The minimum absolute atomic E-state index is 1.09. The molecule has 0 radical (unpaired) electrons. The van der Waals surface area contributed by atoms with Crippen molar-refractivity contribution >= 4 is 38.6 Å². The number of benzene rings is 11. The molecule has 0 N–H and O–H groups in total. The van der Waals surface area contributed by atoms with E-state index < -0.39 is 0 Å². The molecular weight excluding hydrogens is 759 g/mol. The summed E-state index contributed by atoms with van der Waals surface area (Å²) in [4.78, 5) is 2.37. The molecule has 11 rings (SSSR count). The molecule has 11 aromatic rings. The second-order valence-corrected chi connectivity index (χ2v) is 16.0. The largest absolute Gasteiger partial charge is 0.311 e. The molecule has 0 fully saturated rings. The lowest BCUT2D eigenvalue weighted by Crippen LogP contribution is -2.09. The molecular formula is C62H43N. The average Bonchev–Trinajstić information content (AvgIpc) is 3.37. The van der Waals surface area contributed by atoms with E-state index in [1.807, 2.05) is 0 Å². The Hall–Kier alpha value is -8.26. The quantitative estimate of drug-likeness (QED) is 0.141. The van der Waals surface area contributed by atoms with Gasteiger partial charge in [0.2, 0.25) is 0 Å². The second-order valence-electron chi connectivity index (χ2n) is 16.0. The zero-order valence-corrected chi connectivity index (χ0v) is 34.8. The smallest absolute Gasteiger partial charge is 0.0462 e. The highest BCUT2D eigenvalue weighted by atomic mass is 15.1. The van der Waals surface area contributed by atoms with Gasteiger partial charge in [-0.2, -0.15) is 0 Å². The highest BCUT2D eigenvalue weighted by Crippen LogP contribution is 2.43. The summed E-state index contributed by atoms with van der Waals surface area (Å²) in [6.07, 6.45) is 0. The minimum Gasteiger partial charge on any atom is -0.311 e. The van der Waals surface area contributed by atoms with E-state index in [0.717, 1.165) is 22.6 Å². The van der Waals surface area contributed by atoms with Gasteiger partial charge in [-0.25, -0.2) is 0 Å². The number of anilines is 3. The van der Waals surface area contributed by atoms with E-state index in [0.29, 0.717) is 0 Å². The van der Waals surface area contributed by atoms with Gasteiger partial charge in [-0.15, -0.1) is 0 Å². The van der Waals surface area contributed by atoms with Crippen LogP contribution in [0.1, 0.15) is 0 Å². The van der Waals surface area contributed by atoms with E-state index in [9.17, 15) is 0 Å². The monoisotopic (exact) mass is 801 g/mol. The number of rotatable bonds is 9. The molecule has 11 aromatic carbocycles. The summed E-state index contributed by atoms with van der Waals surface area (Å²) in [6, 6.07) is 94.5. The van der Waals surface area contributed by atoms with Gasteiger partial charge in [-0.3, -0.25) is 0 Å². The van der Waals surface area contributed by atoms with Crippen molar-refractivity contribution in [2.45, 2.75) is 0 Å². The first-order valence-corrected chi connectivity index (χ1v) is 21.7. The van der Waals surface area contributed by atoms with E-state index in [4.69, 9.17) is 0 Å². The fraction of sp³-hybridized carbons (Fsp3) is 0. The molecule has 1 heteroatoms. The third-order valence-corrected chi connectivity index (χ3v) is 12.3. The van der Waals surface area contributed by atoms with Crippen LogP contribution < -0.4 is 4.90 Å². The Labute approximate surface area is 369 Å². The van der Waals surface area contributed by atoms with E-state index in [-0.39, 0.29) is 0 Å². The molecule has 63 heavy (non-hydrogen) atoms. The number of fused-ring (bicyclic) bond motifs is 2. The van der Waals surface area contributed by atoms with E-state index in [1.54, 1.807) is 0 Å². The van der Waals surface area contributed by atoms with Gasteiger partial charge in [0.05, 0.1) is 0 Å². The van der Waals surface area contributed by atoms with Crippen molar-refractivity contribution in [3.63, 3.8) is 0 Å². The van der Waals surface area contributed by atoms with Crippen LogP contribution in [0.3, 0.4) is 0 Å². The maximum absolute atomic E-state index is 2.37. The van der Waals surface area contributed by atoms with Crippen LogP contribution in [0, 0.1) is 0 Å². The molecule has 296 valence electrons. The van der Waals surface area contributed by atoms with Crippen molar-refractivity contribution in [1.29, 1.82) is 0 Å². The standard InChI is InChI=1S/C62H43N/c1-2-16-44(17-3-1)57-24-8-10-26-59(57)61-28-12-13-29-62(61)60-27-11-9-25-58(60)49-36-42-52(43-37-49)63(50-38-32-47(33-39-50)55-30-14-20-45-18-4-6-22-53(45)55)51-40-34-48(35-41-51)56-31-15-21-46-19-5-7-23-54(46)56/h1-43H. The first kappa shape index (κ1) is 37.7. The van der Waals surface area contributed by atoms with Crippen LogP contribution >= 0.6 is 0 Å². The summed E-state index contributed by atoms with van der Waals surface area (Å²) >= 11 is 0. The van der Waals surface area contributed by atoms with Crippen molar-refractivity contribution in [2.24, 2.45) is 0 Å². The van der Waals surface area contributed by atoms with Gasteiger partial charge >= 0.3 is 0 Å². The lowest BCUT2D eigenvalue weighted by atomic mass is 9.87. The molecule has 0 aliphatic rings. The topological polar surface area (TPSA) is 3.24 Å². The summed E-state index contributed by atoms with van der Waals surface area (Å²) in [5.41, 5.74) is 17.8. The first-order valence-electron chi connectivity index (χ1n) is 21.7. The Morgan fingerprint density at radius 3 is 0.857 bits per heavy atom. The summed E-state index contributed by atoms with van der Waals surface area (Å²) in [5, 5.41) is 5.00. The Morgan fingerprint density at radius 2 is 0.444 bits per heavy atom. The van der Waals surface area contributed by atoms with E-state index in [2.05, 4.69) is 266 Å². The number of nitrogens with zero attached hydrogens (tertiary/aromatic N) is 1. The Balaban J connectivity index is 0.987. The first-order chi connectivity index (χ1) is 31.3. The normalized spacial score (nSPS) is 11.2. The number of hydrogen-bond acceptors (Lipinski definition) is 1. The lowest BCUT2D eigenvalue weighted by Gasteiger charge is -2.26. The minimum atomic E-state index is 1.09. The van der Waals surface area contributed by atoms with Gasteiger partial charge in [0, 0.05) is 17.1 Å². The van der Waals surface area contributed by atoms with Crippen molar-refractivity contribution < 1.29 is 0 Å². The van der Waals surface area contributed by atoms with Crippen molar-refractivity contribution in [3.05, 3.63) is 261 Å². The molecule has 0 aliphatic carbocycles. The maximum atomic E-state index is 2.37. The van der Waals surface area contributed by atoms with E-state index >= 15 is 0 Å². The third-order valence-electron chi connectivity index (χ3n) is 12.3. The molecule has 0 heterocycles. The molecule has 0 spiro atoms. The van der Waals surface area contributed by atoms with Crippen molar-refractivity contribution in [3.8, 4) is 66.8 Å². The van der Waals surface area contributed by atoms with Crippen molar-refractivity contribution in [1.82, 2.24) is 0 Å². The van der Waals surface area contributed by atoms with Gasteiger partial charge in [-0.05, 0) is 125 Å². The highest BCUT2D eigenvalue weighted by molar-refractivity contribution is 5.99. The number of hydrogen-bond donors (Lipinski definition) is 0. The van der Waals surface area contributed by atoms with Crippen LogP contribution in [0.15, 0.2) is 261 Å². The van der Waals surface area contributed by atoms with Crippen LogP contribution in [-0.2, 0) is 0 Å². The molecule has 1 nitrogen and oxygen atoms in total. The molecule has 0 unspecified atom stereocenters. The van der Waals surface area contributed by atoms with Crippen LogP contribution in [0.25, 0.3) is 88.3 Å². The SMILES string of the molecule is c1ccc(-c2ccccc2-c2ccccc2-c2ccccc2-c2ccc(N(c3ccc(-c4cccc5ccccc45)cc3)c3ccc(-c4cccc5ccccc45)cc3)cc2)cc1. The zero-order valence-electron chi connectivity index (χ0n) is 34.8. The van der Waals surface area contributed by atoms with Gasteiger partial charge in [0.15, 0.2) is 0 Å². The highest BCUT2D eigenvalue weighted by Gasteiger charge is 2.18. The molecule has 0 saturated carbocycles. The van der Waals surface area contributed by atoms with Crippen LogP contribution in [-0.4, -0.2) is 0 Å². The second kappa shape index (κ2) is 16.7. The zero-order chi connectivity index (χ0) is 42.0.